The molecule has 0 radical (unpaired) electrons. The zero-order chi connectivity index (χ0) is 16.4. The molecule has 0 unspecified atom stereocenters. The van der Waals surface area contributed by atoms with Crippen molar-refractivity contribution in [3.05, 3.63) is 83.9 Å². The largest absolute Gasteiger partial charge is 0.489 e. The summed E-state index contributed by atoms with van der Waals surface area (Å²) in [4.78, 5) is 7.96. The Labute approximate surface area is 140 Å². The van der Waals surface area contributed by atoms with Crippen LogP contribution in [0, 0.1) is 6.92 Å². The summed E-state index contributed by atoms with van der Waals surface area (Å²) in [7, 11) is 0. The lowest BCUT2D eigenvalue weighted by Gasteiger charge is -2.07. The highest BCUT2D eigenvalue weighted by molar-refractivity contribution is 5.79. The van der Waals surface area contributed by atoms with E-state index in [9.17, 15) is 0 Å². The van der Waals surface area contributed by atoms with Crippen LogP contribution in [0.2, 0.25) is 0 Å². The Balaban J connectivity index is 1.50. The Morgan fingerprint density at radius 2 is 1.75 bits per heavy atom. The van der Waals surface area contributed by atoms with E-state index in [1.165, 1.54) is 11.1 Å². The molecule has 1 N–H and O–H groups in total. The van der Waals surface area contributed by atoms with E-state index in [4.69, 9.17) is 4.74 Å². The van der Waals surface area contributed by atoms with Gasteiger partial charge < -0.3 is 9.72 Å². The van der Waals surface area contributed by atoms with Crippen molar-refractivity contribution < 1.29 is 4.74 Å². The van der Waals surface area contributed by atoms with E-state index >= 15 is 0 Å². The fourth-order valence-corrected chi connectivity index (χ4v) is 2.77. The van der Waals surface area contributed by atoms with Crippen molar-refractivity contribution in [2.24, 2.45) is 0 Å². The van der Waals surface area contributed by atoms with Gasteiger partial charge in [-0.15, -0.1) is 0 Å². The molecule has 1 aromatic heterocycles. The molecule has 3 nitrogen and oxygen atoms in total. The lowest BCUT2D eigenvalue weighted by molar-refractivity contribution is 0.306. The lowest BCUT2D eigenvalue weighted by atomic mass is 10.1. The Morgan fingerprint density at radius 1 is 0.917 bits per heavy atom. The van der Waals surface area contributed by atoms with Crippen LogP contribution in [-0.4, -0.2) is 9.97 Å². The van der Waals surface area contributed by atoms with Crippen molar-refractivity contribution in [1.29, 1.82) is 0 Å². The topological polar surface area (TPSA) is 37.9 Å². The zero-order valence-corrected chi connectivity index (χ0v) is 13.5. The first-order valence-electron chi connectivity index (χ1n) is 8.01. The first-order chi connectivity index (χ1) is 11.8. The maximum atomic E-state index is 5.87. The van der Waals surface area contributed by atoms with E-state index < -0.39 is 0 Å². The van der Waals surface area contributed by atoms with Gasteiger partial charge in [0.05, 0.1) is 11.0 Å². The van der Waals surface area contributed by atoms with Crippen LogP contribution in [0.3, 0.4) is 0 Å². The summed E-state index contributed by atoms with van der Waals surface area (Å²) in [6, 6.07) is 24.4. The van der Waals surface area contributed by atoms with Crippen molar-refractivity contribution in [1.82, 2.24) is 9.97 Å². The van der Waals surface area contributed by atoms with Crippen LogP contribution in [-0.2, 0) is 6.61 Å². The number of ether oxygens (including phenoxy) is 1. The average Bonchev–Trinajstić information content (AvgIpc) is 3.05. The molecule has 0 aliphatic heterocycles. The van der Waals surface area contributed by atoms with Crippen LogP contribution in [0.25, 0.3) is 22.4 Å². The summed E-state index contributed by atoms with van der Waals surface area (Å²) in [6.07, 6.45) is 0. The minimum absolute atomic E-state index is 0.575. The van der Waals surface area contributed by atoms with Crippen molar-refractivity contribution in [3.63, 3.8) is 0 Å². The third-order valence-corrected chi connectivity index (χ3v) is 4.01. The molecule has 4 rings (SSSR count). The average molecular weight is 314 g/mol. The summed E-state index contributed by atoms with van der Waals surface area (Å²) in [6.45, 7) is 2.66. The monoisotopic (exact) mass is 314 g/mol. The molecule has 0 saturated heterocycles. The van der Waals surface area contributed by atoms with Gasteiger partial charge in [0.15, 0.2) is 0 Å². The SMILES string of the molecule is Cc1cccc(COc2ccc(-c3nc4ccccc4[nH]3)cc2)c1. The smallest absolute Gasteiger partial charge is 0.138 e. The minimum Gasteiger partial charge on any atom is -0.489 e. The standard InChI is InChI=1S/C21H18N2O/c1-15-5-4-6-16(13-15)14-24-18-11-9-17(10-12-18)21-22-19-7-2-3-8-20(19)23-21/h2-13H,14H2,1H3,(H,22,23). The number of fused-ring (bicyclic) bond motifs is 1. The summed E-state index contributed by atoms with van der Waals surface area (Å²) in [5, 5.41) is 0. The van der Waals surface area contributed by atoms with Gasteiger partial charge in [-0.25, -0.2) is 4.98 Å². The normalized spacial score (nSPS) is 10.9. The molecule has 0 spiro atoms. The number of nitrogens with one attached hydrogen (secondary N) is 1. The molecule has 0 saturated carbocycles. The highest BCUT2D eigenvalue weighted by Crippen LogP contribution is 2.23. The molecule has 4 aromatic rings. The number of aromatic nitrogens is 2. The quantitative estimate of drug-likeness (QED) is 0.568. The third kappa shape index (κ3) is 3.01. The molecule has 3 heteroatoms. The van der Waals surface area contributed by atoms with Gasteiger partial charge in [-0.3, -0.25) is 0 Å². The van der Waals surface area contributed by atoms with Crippen LogP contribution in [0.5, 0.6) is 5.75 Å². The van der Waals surface area contributed by atoms with Gasteiger partial charge in [-0.05, 0) is 48.9 Å². The number of aryl methyl sites for hydroxylation is 1. The number of aromatic amines is 1. The molecule has 0 atom stereocenters. The van der Waals surface area contributed by atoms with Gasteiger partial charge in [0, 0.05) is 5.56 Å². The van der Waals surface area contributed by atoms with Crippen LogP contribution in [0.1, 0.15) is 11.1 Å². The maximum Gasteiger partial charge on any atom is 0.138 e. The van der Waals surface area contributed by atoms with E-state index in [0.717, 1.165) is 28.2 Å². The second kappa shape index (κ2) is 6.20. The van der Waals surface area contributed by atoms with Gasteiger partial charge in [0.25, 0.3) is 0 Å². The number of benzene rings is 3. The molecule has 3 aromatic carbocycles. The van der Waals surface area contributed by atoms with Gasteiger partial charge in [0.1, 0.15) is 18.2 Å². The number of H-pyrrole nitrogens is 1. The van der Waals surface area contributed by atoms with Crippen molar-refractivity contribution in [2.45, 2.75) is 13.5 Å². The second-order valence-electron chi connectivity index (χ2n) is 5.90. The number of imidazole rings is 1. The van der Waals surface area contributed by atoms with Crippen molar-refractivity contribution >= 4 is 11.0 Å². The van der Waals surface area contributed by atoms with E-state index in [1.807, 2.05) is 48.5 Å². The molecule has 0 fully saturated rings. The van der Waals surface area contributed by atoms with Crippen LogP contribution in [0.15, 0.2) is 72.8 Å². The van der Waals surface area contributed by atoms with Crippen LogP contribution in [0.4, 0.5) is 0 Å². The third-order valence-electron chi connectivity index (χ3n) is 4.01. The predicted octanol–water partition coefficient (Wildman–Crippen LogP) is 5.12. The van der Waals surface area contributed by atoms with Crippen LogP contribution >= 0.6 is 0 Å². The number of nitrogens with zero attached hydrogens (tertiary/aromatic N) is 1. The number of para-hydroxylation sites is 2. The summed E-state index contributed by atoms with van der Waals surface area (Å²) >= 11 is 0. The molecule has 118 valence electrons. The van der Waals surface area contributed by atoms with Crippen molar-refractivity contribution in [2.75, 3.05) is 0 Å². The Morgan fingerprint density at radius 3 is 2.54 bits per heavy atom. The molecule has 0 aliphatic rings. The Hall–Kier alpha value is -3.07. The fourth-order valence-electron chi connectivity index (χ4n) is 2.77. The molecule has 0 aliphatic carbocycles. The zero-order valence-electron chi connectivity index (χ0n) is 13.5. The summed E-state index contributed by atoms with van der Waals surface area (Å²) in [5.74, 6) is 1.73. The highest BCUT2D eigenvalue weighted by Gasteiger charge is 2.05. The predicted molar refractivity (Wildman–Crippen MR) is 97.0 cm³/mol. The van der Waals surface area contributed by atoms with Crippen molar-refractivity contribution in [3.8, 4) is 17.1 Å². The van der Waals surface area contributed by atoms with E-state index in [1.54, 1.807) is 0 Å². The number of rotatable bonds is 4. The molecule has 0 bridgehead atoms. The van der Waals surface area contributed by atoms with Gasteiger partial charge >= 0.3 is 0 Å². The Kier molecular flexibility index (Phi) is 3.75. The van der Waals surface area contributed by atoms with E-state index in [0.29, 0.717) is 6.61 Å². The number of hydrogen-bond donors (Lipinski definition) is 1. The highest BCUT2D eigenvalue weighted by atomic mass is 16.5. The Bertz CT molecular complexity index is 937. The van der Waals surface area contributed by atoms with Crippen LogP contribution < -0.4 is 4.74 Å². The molecular weight excluding hydrogens is 296 g/mol. The van der Waals surface area contributed by atoms with E-state index in [-0.39, 0.29) is 0 Å². The first-order valence-corrected chi connectivity index (χ1v) is 8.01. The first kappa shape index (κ1) is 14.5. The lowest BCUT2D eigenvalue weighted by Crippen LogP contribution is -1.95. The molecule has 0 amide bonds. The summed E-state index contributed by atoms with van der Waals surface area (Å²) < 4.78 is 5.87. The fraction of sp³-hybridized carbons (Fsp3) is 0.0952. The van der Waals surface area contributed by atoms with Gasteiger partial charge in [-0.2, -0.15) is 0 Å². The van der Waals surface area contributed by atoms with Gasteiger partial charge in [0.2, 0.25) is 0 Å². The maximum absolute atomic E-state index is 5.87. The van der Waals surface area contributed by atoms with E-state index in [2.05, 4.69) is 41.2 Å². The summed E-state index contributed by atoms with van der Waals surface area (Å²) in [5.41, 5.74) is 5.50. The number of hydrogen-bond acceptors (Lipinski definition) is 2. The molecule has 24 heavy (non-hydrogen) atoms. The molecule has 1 heterocycles. The van der Waals surface area contributed by atoms with Gasteiger partial charge in [-0.1, -0.05) is 42.0 Å². The molecular formula is C21H18N2O. The minimum atomic E-state index is 0.575. The second-order valence-corrected chi connectivity index (χ2v) is 5.90.